The first kappa shape index (κ1) is 19.6. The molecular formula is C25H20FN5O2. The molecule has 33 heavy (non-hydrogen) atoms. The second kappa shape index (κ2) is 7.53. The Balaban J connectivity index is 1.49. The molecule has 1 aliphatic rings. The fourth-order valence-electron chi connectivity index (χ4n) is 4.39. The van der Waals surface area contributed by atoms with Crippen molar-refractivity contribution in [2.75, 3.05) is 5.73 Å². The number of para-hydroxylation sites is 1. The van der Waals surface area contributed by atoms with Crippen molar-refractivity contribution in [3.05, 3.63) is 72.9 Å². The van der Waals surface area contributed by atoms with Crippen LogP contribution in [0.4, 0.5) is 10.2 Å². The maximum Gasteiger partial charge on any atom is 0.219 e. The minimum absolute atomic E-state index is 0.0815. The number of nitrogens with zero attached hydrogens (tertiary/aromatic N) is 4. The Morgan fingerprint density at radius 3 is 2.58 bits per heavy atom. The first-order valence-electron chi connectivity index (χ1n) is 10.7. The van der Waals surface area contributed by atoms with Crippen LogP contribution in [0.3, 0.4) is 0 Å². The van der Waals surface area contributed by atoms with Crippen LogP contribution < -0.4 is 10.5 Å². The smallest absolute Gasteiger partial charge is 0.219 e. The molecule has 5 aromatic rings. The predicted octanol–water partition coefficient (Wildman–Crippen LogP) is 4.86. The molecule has 1 saturated carbocycles. The van der Waals surface area contributed by atoms with E-state index in [1.54, 1.807) is 18.2 Å². The summed E-state index contributed by atoms with van der Waals surface area (Å²) < 4.78 is 23.6. The van der Waals surface area contributed by atoms with Crippen LogP contribution in [-0.2, 0) is 0 Å². The molecule has 7 nitrogen and oxygen atoms in total. The highest BCUT2D eigenvalue weighted by Gasteiger charge is 2.31. The standard InChI is InChI=1S/C25H20FN5O2/c26-22-18(8-6-14-7-9-20(30-23(14)22)33-17-4-2-1-3-5-17)19-12-31(15-10-16(32)11-15)25-21(19)24(27)28-13-29-25/h1-9,12-13,15-16,32H,10-11H2,(H2,27,28,29). The third-order valence-electron chi connectivity index (χ3n) is 6.15. The van der Waals surface area contributed by atoms with E-state index in [2.05, 4.69) is 15.0 Å². The van der Waals surface area contributed by atoms with Crippen LogP contribution in [0.5, 0.6) is 11.6 Å². The van der Waals surface area contributed by atoms with Crippen molar-refractivity contribution in [3.63, 3.8) is 0 Å². The molecule has 0 radical (unpaired) electrons. The summed E-state index contributed by atoms with van der Waals surface area (Å²) in [5.74, 6) is 0.735. The van der Waals surface area contributed by atoms with Crippen molar-refractivity contribution in [2.24, 2.45) is 0 Å². The summed E-state index contributed by atoms with van der Waals surface area (Å²) in [6.07, 6.45) is 4.16. The lowest BCUT2D eigenvalue weighted by molar-refractivity contribution is 0.0501. The Bertz CT molecular complexity index is 1500. The van der Waals surface area contributed by atoms with Gasteiger partial charge in [0.05, 0.1) is 11.5 Å². The molecule has 164 valence electrons. The third kappa shape index (κ3) is 3.27. The van der Waals surface area contributed by atoms with Crippen LogP contribution in [-0.4, -0.2) is 30.7 Å². The Kier molecular flexibility index (Phi) is 4.48. The molecule has 6 rings (SSSR count). The summed E-state index contributed by atoms with van der Waals surface area (Å²) >= 11 is 0. The van der Waals surface area contributed by atoms with Crippen molar-refractivity contribution in [2.45, 2.75) is 25.0 Å². The first-order chi connectivity index (χ1) is 16.1. The van der Waals surface area contributed by atoms with Gasteiger partial charge >= 0.3 is 0 Å². The SMILES string of the molecule is Nc1ncnc2c1c(-c1ccc3ccc(Oc4ccccc4)nc3c1F)cn2C1CC(O)C1. The number of hydrogen-bond acceptors (Lipinski definition) is 6. The van der Waals surface area contributed by atoms with Gasteiger partial charge in [0.25, 0.3) is 0 Å². The van der Waals surface area contributed by atoms with Gasteiger partial charge in [0, 0.05) is 34.8 Å². The number of aliphatic hydroxyl groups is 1. The zero-order chi connectivity index (χ0) is 22.5. The van der Waals surface area contributed by atoms with Crippen molar-refractivity contribution < 1.29 is 14.2 Å². The van der Waals surface area contributed by atoms with Gasteiger partial charge in [0.2, 0.25) is 5.88 Å². The van der Waals surface area contributed by atoms with Crippen molar-refractivity contribution in [1.29, 1.82) is 0 Å². The van der Waals surface area contributed by atoms with E-state index < -0.39 is 5.82 Å². The number of benzene rings is 2. The van der Waals surface area contributed by atoms with Gasteiger partial charge in [0.1, 0.15) is 29.1 Å². The van der Waals surface area contributed by atoms with E-state index in [0.717, 1.165) is 0 Å². The minimum atomic E-state index is -0.470. The molecule has 8 heteroatoms. The number of halogens is 1. The van der Waals surface area contributed by atoms with E-state index in [1.807, 2.05) is 47.2 Å². The second-order valence-corrected chi connectivity index (χ2v) is 8.25. The Morgan fingerprint density at radius 1 is 1.00 bits per heavy atom. The quantitative estimate of drug-likeness (QED) is 0.413. The van der Waals surface area contributed by atoms with Gasteiger partial charge in [-0.05, 0) is 31.0 Å². The van der Waals surface area contributed by atoms with E-state index in [4.69, 9.17) is 10.5 Å². The van der Waals surface area contributed by atoms with Crippen LogP contribution in [0, 0.1) is 5.82 Å². The average Bonchev–Trinajstić information content (AvgIpc) is 3.18. The minimum Gasteiger partial charge on any atom is -0.439 e. The number of aromatic nitrogens is 4. The summed E-state index contributed by atoms with van der Waals surface area (Å²) in [5.41, 5.74) is 7.98. The lowest BCUT2D eigenvalue weighted by Crippen LogP contribution is -2.30. The Labute approximate surface area is 188 Å². The number of aliphatic hydroxyl groups excluding tert-OH is 1. The van der Waals surface area contributed by atoms with Crippen LogP contribution in [0.15, 0.2) is 67.1 Å². The predicted molar refractivity (Wildman–Crippen MR) is 123 cm³/mol. The summed E-state index contributed by atoms with van der Waals surface area (Å²) in [6, 6.07) is 16.4. The molecule has 0 unspecified atom stereocenters. The molecular weight excluding hydrogens is 421 g/mol. The molecule has 3 aromatic heterocycles. The fourth-order valence-corrected chi connectivity index (χ4v) is 4.39. The second-order valence-electron chi connectivity index (χ2n) is 8.25. The summed E-state index contributed by atoms with van der Waals surface area (Å²) in [7, 11) is 0. The monoisotopic (exact) mass is 441 g/mol. The van der Waals surface area contributed by atoms with Gasteiger partial charge in [-0.25, -0.2) is 19.3 Å². The number of nitrogens with two attached hydrogens (primary N) is 1. The first-order valence-corrected chi connectivity index (χ1v) is 10.7. The van der Waals surface area contributed by atoms with Crippen molar-refractivity contribution >= 4 is 27.8 Å². The Hall–Kier alpha value is -4.04. The molecule has 0 saturated heterocycles. The maximum absolute atomic E-state index is 15.9. The van der Waals surface area contributed by atoms with Gasteiger partial charge in [-0.15, -0.1) is 0 Å². The number of anilines is 1. The summed E-state index contributed by atoms with van der Waals surface area (Å²) in [4.78, 5) is 13.0. The highest BCUT2D eigenvalue weighted by molar-refractivity contribution is 6.02. The largest absolute Gasteiger partial charge is 0.439 e. The number of hydrogen-bond donors (Lipinski definition) is 2. The number of fused-ring (bicyclic) bond motifs is 2. The van der Waals surface area contributed by atoms with E-state index in [9.17, 15) is 5.11 Å². The zero-order valence-corrected chi connectivity index (χ0v) is 17.5. The van der Waals surface area contributed by atoms with Gasteiger partial charge < -0.3 is 20.1 Å². The van der Waals surface area contributed by atoms with Gasteiger partial charge in [-0.1, -0.05) is 30.3 Å². The Morgan fingerprint density at radius 2 is 1.79 bits per heavy atom. The number of rotatable bonds is 4. The highest BCUT2D eigenvalue weighted by atomic mass is 19.1. The highest BCUT2D eigenvalue weighted by Crippen LogP contribution is 2.41. The molecule has 0 aliphatic heterocycles. The molecule has 0 spiro atoms. The van der Waals surface area contributed by atoms with Crippen LogP contribution in [0.1, 0.15) is 18.9 Å². The normalized spacial score (nSPS) is 17.9. The lowest BCUT2D eigenvalue weighted by atomic mass is 9.89. The van der Waals surface area contributed by atoms with Gasteiger partial charge in [-0.2, -0.15) is 0 Å². The van der Waals surface area contributed by atoms with E-state index in [1.165, 1.54) is 6.33 Å². The average molecular weight is 441 g/mol. The lowest BCUT2D eigenvalue weighted by Gasteiger charge is -2.32. The van der Waals surface area contributed by atoms with E-state index >= 15 is 4.39 Å². The summed E-state index contributed by atoms with van der Waals surface area (Å²) in [5, 5.41) is 11.0. The van der Waals surface area contributed by atoms with Crippen LogP contribution in [0.25, 0.3) is 33.1 Å². The molecule has 0 bridgehead atoms. The summed E-state index contributed by atoms with van der Waals surface area (Å²) in [6.45, 7) is 0. The van der Waals surface area contributed by atoms with Gasteiger partial charge in [-0.3, -0.25) is 0 Å². The molecule has 1 aliphatic carbocycles. The van der Waals surface area contributed by atoms with Crippen molar-refractivity contribution in [1.82, 2.24) is 19.5 Å². The van der Waals surface area contributed by atoms with Crippen LogP contribution >= 0.6 is 0 Å². The topological polar surface area (TPSA) is 99.1 Å². The maximum atomic E-state index is 15.9. The third-order valence-corrected chi connectivity index (χ3v) is 6.15. The fraction of sp³-hybridized carbons (Fsp3) is 0.160. The van der Waals surface area contributed by atoms with E-state index in [-0.39, 0.29) is 23.5 Å². The molecule has 3 N–H and O–H groups in total. The van der Waals surface area contributed by atoms with Crippen LogP contribution in [0.2, 0.25) is 0 Å². The van der Waals surface area contributed by atoms with Gasteiger partial charge in [0.15, 0.2) is 5.82 Å². The van der Waals surface area contributed by atoms with E-state index in [0.29, 0.717) is 52.0 Å². The molecule has 3 heterocycles. The molecule has 1 fully saturated rings. The molecule has 0 amide bonds. The number of pyridine rings is 1. The number of ether oxygens (including phenoxy) is 1. The van der Waals surface area contributed by atoms with Crippen molar-refractivity contribution in [3.8, 4) is 22.8 Å². The zero-order valence-electron chi connectivity index (χ0n) is 17.5. The number of nitrogen functional groups attached to an aromatic ring is 1. The molecule has 2 aromatic carbocycles. The molecule has 0 atom stereocenters.